The highest BCUT2D eigenvalue weighted by Gasteiger charge is 2.44. The Balaban J connectivity index is 1.81. The molecule has 0 saturated carbocycles. The molecule has 154 valence electrons. The van der Waals surface area contributed by atoms with E-state index in [1.165, 1.54) is 5.56 Å². The lowest BCUT2D eigenvalue weighted by Gasteiger charge is -2.24. The van der Waals surface area contributed by atoms with E-state index in [-0.39, 0.29) is 17.1 Å². The van der Waals surface area contributed by atoms with E-state index in [1.54, 1.807) is 23.2 Å². The number of rotatable bonds is 3. The van der Waals surface area contributed by atoms with Crippen molar-refractivity contribution < 1.29 is 9.21 Å². The van der Waals surface area contributed by atoms with Crippen molar-refractivity contribution in [2.75, 3.05) is 4.90 Å². The minimum absolute atomic E-state index is 0.0935. The molecule has 1 unspecified atom stereocenters. The molecular weight excluding hydrogens is 388 g/mol. The first-order chi connectivity index (χ1) is 15.0. The Morgan fingerprint density at radius 2 is 1.74 bits per heavy atom. The zero-order valence-electron chi connectivity index (χ0n) is 17.7. The van der Waals surface area contributed by atoms with E-state index in [1.807, 2.05) is 56.3 Å². The number of anilines is 1. The van der Waals surface area contributed by atoms with Crippen LogP contribution in [0.5, 0.6) is 0 Å². The van der Waals surface area contributed by atoms with Gasteiger partial charge in [-0.1, -0.05) is 37.3 Å². The summed E-state index contributed by atoms with van der Waals surface area (Å²) in [6.45, 7) is 6.02. The quantitative estimate of drug-likeness (QED) is 0.470. The molecule has 1 atom stereocenters. The van der Waals surface area contributed by atoms with Crippen molar-refractivity contribution in [1.29, 1.82) is 0 Å². The van der Waals surface area contributed by atoms with E-state index in [0.717, 1.165) is 23.1 Å². The predicted molar refractivity (Wildman–Crippen MR) is 121 cm³/mol. The monoisotopic (exact) mass is 410 g/mol. The van der Waals surface area contributed by atoms with Gasteiger partial charge in [0.25, 0.3) is 5.91 Å². The first kappa shape index (κ1) is 19.2. The van der Waals surface area contributed by atoms with E-state index in [2.05, 4.69) is 11.9 Å². The number of benzene rings is 2. The average molecular weight is 410 g/mol. The van der Waals surface area contributed by atoms with Crippen molar-refractivity contribution >= 4 is 22.7 Å². The molecule has 1 aliphatic heterocycles. The van der Waals surface area contributed by atoms with Crippen LogP contribution in [0, 0.1) is 13.8 Å². The van der Waals surface area contributed by atoms with Gasteiger partial charge in [0, 0.05) is 6.20 Å². The van der Waals surface area contributed by atoms with Crippen molar-refractivity contribution in [3.8, 4) is 0 Å². The van der Waals surface area contributed by atoms with Gasteiger partial charge in [0.1, 0.15) is 11.4 Å². The second-order valence-corrected chi connectivity index (χ2v) is 7.97. The Morgan fingerprint density at radius 3 is 2.42 bits per heavy atom. The summed E-state index contributed by atoms with van der Waals surface area (Å²) in [7, 11) is 0. The lowest BCUT2D eigenvalue weighted by molar-refractivity contribution is 0.0970. The first-order valence-electron chi connectivity index (χ1n) is 10.4. The summed E-state index contributed by atoms with van der Waals surface area (Å²) in [6.07, 6.45) is 2.55. The minimum Gasteiger partial charge on any atom is -0.450 e. The maximum Gasteiger partial charge on any atom is 0.296 e. The van der Waals surface area contributed by atoms with Crippen LogP contribution >= 0.6 is 0 Å². The Labute approximate surface area is 180 Å². The zero-order chi connectivity index (χ0) is 21.7. The number of carbonyl (C=O) groups excluding carboxylic acids is 1. The fraction of sp³-hybridized carbons (Fsp3) is 0.192. The Kier molecular flexibility index (Phi) is 4.47. The molecule has 0 fully saturated rings. The van der Waals surface area contributed by atoms with Crippen molar-refractivity contribution in [3.05, 3.63) is 105 Å². The third-order valence-electron chi connectivity index (χ3n) is 6.09. The Hall–Kier alpha value is -3.73. The van der Waals surface area contributed by atoms with Gasteiger partial charge in [0.15, 0.2) is 5.43 Å². The van der Waals surface area contributed by atoms with Gasteiger partial charge in [-0.25, -0.2) is 4.98 Å². The number of hydrogen-bond donors (Lipinski definition) is 0. The van der Waals surface area contributed by atoms with Crippen LogP contribution < -0.4 is 10.3 Å². The number of pyridine rings is 1. The smallest absolute Gasteiger partial charge is 0.296 e. The SMILES string of the molecule is CCc1ccc(C2c3c(oc4cc(C)c(C)cc4c3=O)C(=O)N2c2ccccn2)cc1. The van der Waals surface area contributed by atoms with E-state index in [4.69, 9.17) is 4.42 Å². The summed E-state index contributed by atoms with van der Waals surface area (Å²) in [5, 5.41) is 0.493. The largest absolute Gasteiger partial charge is 0.450 e. The van der Waals surface area contributed by atoms with Gasteiger partial charge in [-0.3, -0.25) is 14.5 Å². The number of nitrogens with zero attached hydrogens (tertiary/aromatic N) is 2. The molecule has 5 rings (SSSR count). The molecule has 31 heavy (non-hydrogen) atoms. The number of fused-ring (bicyclic) bond motifs is 2. The van der Waals surface area contributed by atoms with Gasteiger partial charge in [0.2, 0.25) is 5.76 Å². The number of aryl methyl sites for hydroxylation is 3. The van der Waals surface area contributed by atoms with Crippen molar-refractivity contribution in [1.82, 2.24) is 4.98 Å². The fourth-order valence-electron chi connectivity index (χ4n) is 4.21. The molecule has 0 aliphatic carbocycles. The van der Waals surface area contributed by atoms with Crippen LogP contribution in [0.3, 0.4) is 0 Å². The molecule has 1 amide bonds. The van der Waals surface area contributed by atoms with Crippen molar-refractivity contribution in [3.63, 3.8) is 0 Å². The highest BCUT2D eigenvalue weighted by molar-refractivity contribution is 6.10. The molecule has 0 spiro atoms. The number of carbonyl (C=O) groups is 1. The molecule has 5 nitrogen and oxygen atoms in total. The summed E-state index contributed by atoms with van der Waals surface area (Å²) in [5.41, 5.74) is 4.69. The summed E-state index contributed by atoms with van der Waals surface area (Å²) < 4.78 is 6.06. The molecule has 2 aromatic carbocycles. The second-order valence-electron chi connectivity index (χ2n) is 7.97. The normalized spacial score (nSPS) is 15.5. The number of amides is 1. The number of aromatic nitrogens is 1. The van der Waals surface area contributed by atoms with E-state index in [0.29, 0.717) is 22.4 Å². The fourth-order valence-corrected chi connectivity index (χ4v) is 4.21. The van der Waals surface area contributed by atoms with Gasteiger partial charge in [-0.2, -0.15) is 0 Å². The molecular formula is C26H22N2O3. The van der Waals surface area contributed by atoms with Crippen LogP contribution in [0.4, 0.5) is 5.82 Å². The maximum absolute atomic E-state index is 13.7. The molecule has 1 aliphatic rings. The topological polar surface area (TPSA) is 63.4 Å². The highest BCUT2D eigenvalue weighted by atomic mass is 16.3. The van der Waals surface area contributed by atoms with Crippen LogP contribution in [0.1, 0.15) is 51.3 Å². The molecule has 0 N–H and O–H groups in total. The summed E-state index contributed by atoms with van der Waals surface area (Å²) in [6, 6.07) is 16.5. The molecule has 0 saturated heterocycles. The van der Waals surface area contributed by atoms with Gasteiger partial charge in [-0.15, -0.1) is 0 Å². The molecule has 4 aromatic rings. The molecule has 0 radical (unpaired) electrons. The van der Waals surface area contributed by atoms with Crippen LogP contribution in [0.2, 0.25) is 0 Å². The summed E-state index contributed by atoms with van der Waals surface area (Å²) >= 11 is 0. The molecule has 2 aromatic heterocycles. The van der Waals surface area contributed by atoms with E-state index in [9.17, 15) is 9.59 Å². The molecule has 3 heterocycles. The molecule has 0 bridgehead atoms. The minimum atomic E-state index is -0.592. The predicted octanol–water partition coefficient (Wildman–Crippen LogP) is 5.12. The van der Waals surface area contributed by atoms with Gasteiger partial charge >= 0.3 is 0 Å². The third-order valence-corrected chi connectivity index (χ3v) is 6.09. The number of hydrogen-bond acceptors (Lipinski definition) is 4. The standard InChI is InChI=1S/C26H22N2O3/c1-4-17-8-10-18(11-9-17)23-22-24(29)19-13-15(2)16(3)14-20(19)31-25(22)26(30)28(23)21-7-5-6-12-27-21/h5-14,23H,4H2,1-3H3. The van der Waals surface area contributed by atoms with Gasteiger partial charge in [0.05, 0.1) is 17.0 Å². The lowest BCUT2D eigenvalue weighted by Crippen LogP contribution is -2.30. The van der Waals surface area contributed by atoms with E-state index < -0.39 is 6.04 Å². The Bertz CT molecular complexity index is 1370. The zero-order valence-corrected chi connectivity index (χ0v) is 17.7. The van der Waals surface area contributed by atoms with Crippen LogP contribution in [0.25, 0.3) is 11.0 Å². The van der Waals surface area contributed by atoms with Crippen molar-refractivity contribution in [2.45, 2.75) is 33.2 Å². The van der Waals surface area contributed by atoms with Gasteiger partial charge < -0.3 is 4.42 Å². The van der Waals surface area contributed by atoms with Crippen LogP contribution in [0.15, 0.2) is 70.0 Å². The van der Waals surface area contributed by atoms with Crippen LogP contribution in [-0.4, -0.2) is 10.9 Å². The van der Waals surface area contributed by atoms with Crippen molar-refractivity contribution in [2.24, 2.45) is 0 Å². The average Bonchev–Trinajstić information content (AvgIpc) is 3.08. The van der Waals surface area contributed by atoms with E-state index >= 15 is 0 Å². The summed E-state index contributed by atoms with van der Waals surface area (Å²) in [5.74, 6) is 0.228. The first-order valence-corrected chi connectivity index (χ1v) is 10.4. The lowest BCUT2D eigenvalue weighted by atomic mass is 9.96. The highest BCUT2D eigenvalue weighted by Crippen LogP contribution is 2.40. The second kappa shape index (κ2) is 7.20. The van der Waals surface area contributed by atoms with Gasteiger partial charge in [-0.05, 0) is 66.8 Å². The van der Waals surface area contributed by atoms with Crippen LogP contribution in [-0.2, 0) is 6.42 Å². The summed E-state index contributed by atoms with van der Waals surface area (Å²) in [4.78, 5) is 33.1. The molecule has 5 heteroatoms. The third kappa shape index (κ3) is 2.96. The Morgan fingerprint density at radius 1 is 1.00 bits per heavy atom. The maximum atomic E-state index is 13.7.